The summed E-state index contributed by atoms with van der Waals surface area (Å²) in [5.41, 5.74) is 1.37. The molecule has 2 aliphatic heterocycles. The molecule has 0 aromatic heterocycles. The van der Waals surface area contributed by atoms with Crippen molar-refractivity contribution in [2.24, 2.45) is 0 Å². The van der Waals surface area contributed by atoms with Crippen LogP contribution in [0, 0.1) is 0 Å². The summed E-state index contributed by atoms with van der Waals surface area (Å²) in [5, 5.41) is 8.66. The number of aliphatic carboxylic acids is 1. The van der Waals surface area contributed by atoms with Crippen LogP contribution in [0.3, 0.4) is 0 Å². The van der Waals surface area contributed by atoms with Crippen molar-refractivity contribution in [3.63, 3.8) is 0 Å². The van der Waals surface area contributed by atoms with Crippen molar-refractivity contribution in [3.05, 3.63) is 11.6 Å². The Bertz CT molecular complexity index is 317. The van der Waals surface area contributed by atoms with Gasteiger partial charge in [0.15, 0.2) is 0 Å². The average Bonchev–Trinajstić information content (AvgIpc) is 2.28. The molecule has 2 rings (SSSR count). The SMILES string of the molecule is CC1=CC2(CCN(CCC(=O)O)CC2)OCC1. The van der Waals surface area contributed by atoms with Crippen molar-refractivity contribution < 1.29 is 14.6 Å². The number of ether oxygens (including phenoxy) is 1. The van der Waals surface area contributed by atoms with Gasteiger partial charge >= 0.3 is 5.97 Å². The smallest absolute Gasteiger partial charge is 0.304 e. The van der Waals surface area contributed by atoms with Gasteiger partial charge in [-0.15, -0.1) is 0 Å². The van der Waals surface area contributed by atoms with E-state index >= 15 is 0 Å². The summed E-state index contributed by atoms with van der Waals surface area (Å²) in [6.45, 7) is 5.54. The molecule has 1 N–H and O–H groups in total. The quantitative estimate of drug-likeness (QED) is 0.761. The van der Waals surface area contributed by atoms with Crippen LogP contribution in [0.25, 0.3) is 0 Å². The fourth-order valence-electron chi connectivity index (χ4n) is 2.68. The summed E-state index contributed by atoms with van der Waals surface area (Å²) in [6.07, 6.45) is 5.55. The Morgan fingerprint density at radius 3 is 2.82 bits per heavy atom. The van der Waals surface area contributed by atoms with Crippen LogP contribution in [0.2, 0.25) is 0 Å². The van der Waals surface area contributed by atoms with Crippen molar-refractivity contribution >= 4 is 5.97 Å². The lowest BCUT2D eigenvalue weighted by molar-refractivity contribution is -0.137. The maximum atomic E-state index is 10.5. The van der Waals surface area contributed by atoms with E-state index in [1.807, 2.05) is 0 Å². The van der Waals surface area contributed by atoms with Crippen molar-refractivity contribution in [2.75, 3.05) is 26.2 Å². The van der Waals surface area contributed by atoms with Gasteiger partial charge in [-0.25, -0.2) is 0 Å². The van der Waals surface area contributed by atoms with E-state index in [0.717, 1.165) is 39.0 Å². The second kappa shape index (κ2) is 5.19. The highest BCUT2D eigenvalue weighted by atomic mass is 16.5. The molecule has 1 saturated heterocycles. The Labute approximate surface area is 102 Å². The Morgan fingerprint density at radius 2 is 2.24 bits per heavy atom. The third kappa shape index (κ3) is 3.30. The van der Waals surface area contributed by atoms with Gasteiger partial charge in [-0.2, -0.15) is 0 Å². The zero-order valence-corrected chi connectivity index (χ0v) is 10.4. The predicted octanol–water partition coefficient (Wildman–Crippen LogP) is 1.66. The minimum absolute atomic E-state index is 0.0535. The lowest BCUT2D eigenvalue weighted by atomic mass is 9.87. The van der Waals surface area contributed by atoms with E-state index in [4.69, 9.17) is 9.84 Å². The standard InChI is InChI=1S/C13H21NO3/c1-11-3-9-17-13(10-11)4-7-14(8-5-13)6-2-12(15)16/h10H,2-9H2,1H3,(H,15,16). The Balaban J connectivity index is 1.85. The van der Waals surface area contributed by atoms with Gasteiger partial charge in [0, 0.05) is 19.6 Å². The first-order valence-electron chi connectivity index (χ1n) is 6.36. The molecular weight excluding hydrogens is 218 g/mol. The van der Waals surface area contributed by atoms with Gasteiger partial charge in [0.1, 0.15) is 0 Å². The Kier molecular flexibility index (Phi) is 3.84. The highest BCUT2D eigenvalue weighted by Gasteiger charge is 2.35. The molecular formula is C13H21NO3. The van der Waals surface area contributed by atoms with E-state index in [2.05, 4.69) is 17.9 Å². The van der Waals surface area contributed by atoms with Crippen LogP contribution in [-0.4, -0.2) is 47.8 Å². The lowest BCUT2D eigenvalue weighted by Crippen LogP contribution is -2.46. The van der Waals surface area contributed by atoms with Crippen molar-refractivity contribution in [2.45, 2.75) is 38.2 Å². The largest absolute Gasteiger partial charge is 0.481 e. The Hall–Kier alpha value is -0.870. The molecule has 2 heterocycles. The summed E-state index contributed by atoms with van der Waals surface area (Å²) in [6, 6.07) is 0. The Morgan fingerprint density at radius 1 is 1.53 bits per heavy atom. The normalized spacial score (nSPS) is 24.6. The van der Waals surface area contributed by atoms with Gasteiger partial charge in [-0.3, -0.25) is 4.79 Å². The molecule has 1 spiro atoms. The van der Waals surface area contributed by atoms with Gasteiger partial charge in [-0.1, -0.05) is 11.6 Å². The number of likely N-dealkylation sites (tertiary alicyclic amines) is 1. The lowest BCUT2D eigenvalue weighted by Gasteiger charge is -2.42. The number of piperidine rings is 1. The number of hydrogen-bond donors (Lipinski definition) is 1. The van der Waals surface area contributed by atoms with Crippen LogP contribution in [0.1, 0.15) is 32.6 Å². The molecule has 1 fully saturated rings. The molecule has 0 atom stereocenters. The van der Waals surface area contributed by atoms with E-state index in [0.29, 0.717) is 6.54 Å². The minimum atomic E-state index is -0.713. The first kappa shape index (κ1) is 12.6. The minimum Gasteiger partial charge on any atom is -0.481 e. The average molecular weight is 239 g/mol. The topological polar surface area (TPSA) is 49.8 Å². The zero-order valence-electron chi connectivity index (χ0n) is 10.4. The molecule has 0 aliphatic carbocycles. The molecule has 4 nitrogen and oxygen atoms in total. The number of carboxylic acid groups (broad SMARTS) is 1. The second-order valence-electron chi connectivity index (χ2n) is 5.14. The van der Waals surface area contributed by atoms with Gasteiger partial charge in [0.2, 0.25) is 0 Å². The van der Waals surface area contributed by atoms with E-state index in [1.54, 1.807) is 0 Å². The molecule has 96 valence electrons. The third-order valence-corrected chi connectivity index (χ3v) is 3.74. The number of hydrogen-bond acceptors (Lipinski definition) is 3. The fourth-order valence-corrected chi connectivity index (χ4v) is 2.68. The van der Waals surface area contributed by atoms with Crippen molar-refractivity contribution in [3.8, 4) is 0 Å². The van der Waals surface area contributed by atoms with Gasteiger partial charge in [0.05, 0.1) is 18.6 Å². The molecule has 0 saturated carbocycles. The van der Waals surface area contributed by atoms with Crippen LogP contribution >= 0.6 is 0 Å². The molecule has 0 bridgehead atoms. The maximum absolute atomic E-state index is 10.5. The molecule has 2 aliphatic rings. The van der Waals surface area contributed by atoms with Gasteiger partial charge in [0.25, 0.3) is 0 Å². The first-order chi connectivity index (χ1) is 8.10. The number of carboxylic acids is 1. The van der Waals surface area contributed by atoms with E-state index in [1.165, 1.54) is 5.57 Å². The number of carbonyl (C=O) groups is 1. The summed E-state index contributed by atoms with van der Waals surface area (Å²) in [7, 11) is 0. The van der Waals surface area contributed by atoms with E-state index < -0.39 is 5.97 Å². The maximum Gasteiger partial charge on any atom is 0.304 e. The van der Waals surface area contributed by atoms with Gasteiger partial charge < -0.3 is 14.7 Å². The van der Waals surface area contributed by atoms with Crippen LogP contribution in [-0.2, 0) is 9.53 Å². The number of nitrogens with zero attached hydrogens (tertiary/aromatic N) is 1. The number of rotatable bonds is 3. The van der Waals surface area contributed by atoms with Crippen LogP contribution in [0.4, 0.5) is 0 Å². The third-order valence-electron chi connectivity index (χ3n) is 3.74. The van der Waals surface area contributed by atoms with Crippen molar-refractivity contribution in [1.82, 2.24) is 4.90 Å². The van der Waals surface area contributed by atoms with Gasteiger partial charge in [-0.05, 0) is 26.2 Å². The summed E-state index contributed by atoms with van der Waals surface area (Å²) < 4.78 is 5.93. The summed E-state index contributed by atoms with van der Waals surface area (Å²) in [4.78, 5) is 12.7. The molecule has 17 heavy (non-hydrogen) atoms. The molecule has 0 unspecified atom stereocenters. The monoisotopic (exact) mass is 239 g/mol. The van der Waals surface area contributed by atoms with E-state index in [-0.39, 0.29) is 12.0 Å². The second-order valence-corrected chi connectivity index (χ2v) is 5.14. The molecule has 0 amide bonds. The van der Waals surface area contributed by atoms with Crippen LogP contribution in [0.5, 0.6) is 0 Å². The van der Waals surface area contributed by atoms with E-state index in [9.17, 15) is 4.79 Å². The zero-order chi connectivity index (χ0) is 12.3. The van der Waals surface area contributed by atoms with Crippen LogP contribution < -0.4 is 0 Å². The first-order valence-corrected chi connectivity index (χ1v) is 6.36. The fraction of sp³-hybridized carbons (Fsp3) is 0.769. The molecule has 4 heteroatoms. The predicted molar refractivity (Wildman–Crippen MR) is 65.0 cm³/mol. The summed E-state index contributed by atoms with van der Waals surface area (Å²) in [5.74, 6) is -0.713. The summed E-state index contributed by atoms with van der Waals surface area (Å²) >= 11 is 0. The molecule has 0 aromatic rings. The van der Waals surface area contributed by atoms with Crippen molar-refractivity contribution in [1.29, 1.82) is 0 Å². The van der Waals surface area contributed by atoms with Crippen LogP contribution in [0.15, 0.2) is 11.6 Å². The molecule has 0 aromatic carbocycles. The highest BCUT2D eigenvalue weighted by Crippen LogP contribution is 2.32. The highest BCUT2D eigenvalue weighted by molar-refractivity contribution is 5.66. The molecule has 0 radical (unpaired) electrons.